The molecular weight excluding hydrogens is 346 g/mol. The van der Waals surface area contributed by atoms with Crippen molar-refractivity contribution in [3.8, 4) is 0 Å². The van der Waals surface area contributed by atoms with Gasteiger partial charge in [0.25, 0.3) is 0 Å². The highest BCUT2D eigenvalue weighted by molar-refractivity contribution is 8.01. The topological polar surface area (TPSA) is 84.2 Å². The zero-order valence-corrected chi connectivity index (χ0v) is 15.5. The van der Waals surface area contributed by atoms with E-state index in [1.165, 1.54) is 0 Å². The Morgan fingerprint density at radius 2 is 2.38 bits per heavy atom. The van der Waals surface area contributed by atoms with Gasteiger partial charge in [-0.05, 0) is 33.1 Å². The molecule has 0 saturated carbocycles. The number of amides is 2. The highest BCUT2D eigenvalue weighted by atomic mass is 32.2. The normalized spacial score (nSPS) is 17.4. The number of urea groups is 1. The van der Waals surface area contributed by atoms with Gasteiger partial charge in [0.05, 0.1) is 11.7 Å². The van der Waals surface area contributed by atoms with Crippen LogP contribution in [0.1, 0.15) is 41.8 Å². The Hall–Kier alpha value is -1.61. The molecule has 1 saturated heterocycles. The fraction of sp³-hybridized carbons (Fsp3) is 0.600. The fourth-order valence-corrected chi connectivity index (χ4v) is 4.54. The molecule has 0 unspecified atom stereocenters. The van der Waals surface area contributed by atoms with Crippen LogP contribution in [0.4, 0.5) is 4.79 Å². The van der Waals surface area contributed by atoms with E-state index >= 15 is 0 Å². The molecule has 1 aliphatic rings. The van der Waals surface area contributed by atoms with E-state index in [1.54, 1.807) is 23.1 Å². The minimum atomic E-state index is -0.0247. The maximum atomic E-state index is 12.4. The number of rotatable bonds is 6. The highest BCUT2D eigenvalue weighted by Crippen LogP contribution is 2.32. The first-order valence-electron chi connectivity index (χ1n) is 8.04. The third-order valence-corrected chi connectivity index (χ3v) is 5.88. The SMILES string of the molecule is Cc1cc([C@H]2CCCN2C(=O)NCCCSc2nnc(C)s2)on1. The van der Waals surface area contributed by atoms with E-state index in [2.05, 4.69) is 20.7 Å². The number of hydrogen-bond donors (Lipinski definition) is 1. The van der Waals surface area contributed by atoms with Gasteiger partial charge in [0.2, 0.25) is 0 Å². The summed E-state index contributed by atoms with van der Waals surface area (Å²) in [6, 6.07) is 1.89. The molecule has 1 fully saturated rings. The van der Waals surface area contributed by atoms with Crippen molar-refractivity contribution in [1.29, 1.82) is 0 Å². The standard InChI is InChI=1S/C15H21N5O2S2/c1-10-9-13(22-19-10)12-5-3-7-20(12)14(21)16-6-4-8-23-15-18-17-11(2)24-15/h9,12H,3-8H2,1-2H3,(H,16,21)/t12-/m1/s1. The van der Waals surface area contributed by atoms with Crippen LogP contribution < -0.4 is 5.32 Å². The first-order chi connectivity index (χ1) is 11.6. The molecule has 0 aromatic carbocycles. The van der Waals surface area contributed by atoms with E-state index in [9.17, 15) is 4.79 Å². The number of likely N-dealkylation sites (tertiary alicyclic amines) is 1. The Kier molecular flexibility index (Phi) is 5.72. The summed E-state index contributed by atoms with van der Waals surface area (Å²) in [6.45, 7) is 5.26. The molecule has 24 heavy (non-hydrogen) atoms. The van der Waals surface area contributed by atoms with Crippen molar-refractivity contribution in [3.05, 3.63) is 22.5 Å². The van der Waals surface area contributed by atoms with Crippen LogP contribution in [0.5, 0.6) is 0 Å². The highest BCUT2D eigenvalue weighted by Gasteiger charge is 2.32. The first-order valence-corrected chi connectivity index (χ1v) is 9.84. The molecule has 1 aliphatic heterocycles. The van der Waals surface area contributed by atoms with Crippen LogP contribution >= 0.6 is 23.1 Å². The van der Waals surface area contributed by atoms with Crippen molar-refractivity contribution < 1.29 is 9.32 Å². The Morgan fingerprint density at radius 1 is 1.50 bits per heavy atom. The summed E-state index contributed by atoms with van der Waals surface area (Å²) in [5, 5.41) is 16.0. The number of hydrogen-bond acceptors (Lipinski definition) is 7. The van der Waals surface area contributed by atoms with Crippen molar-refractivity contribution in [2.45, 2.75) is 43.5 Å². The first kappa shape index (κ1) is 17.2. The van der Waals surface area contributed by atoms with Crippen molar-refractivity contribution in [2.75, 3.05) is 18.8 Å². The number of carbonyl (C=O) groups excluding carboxylic acids is 1. The van der Waals surface area contributed by atoms with Crippen LogP contribution in [0.2, 0.25) is 0 Å². The summed E-state index contributed by atoms with van der Waals surface area (Å²) >= 11 is 3.28. The lowest BCUT2D eigenvalue weighted by Crippen LogP contribution is -2.39. The molecule has 1 N–H and O–H groups in total. The minimum absolute atomic E-state index is 0.00458. The van der Waals surface area contributed by atoms with E-state index in [0.717, 1.165) is 52.4 Å². The quantitative estimate of drug-likeness (QED) is 0.623. The fourth-order valence-electron chi connectivity index (χ4n) is 2.71. The van der Waals surface area contributed by atoms with Gasteiger partial charge < -0.3 is 14.7 Å². The average molecular weight is 368 g/mol. The molecular formula is C15H21N5O2S2. The van der Waals surface area contributed by atoms with Gasteiger partial charge in [-0.25, -0.2) is 4.79 Å². The summed E-state index contributed by atoms with van der Waals surface area (Å²) < 4.78 is 6.32. The molecule has 0 radical (unpaired) electrons. The molecule has 7 nitrogen and oxygen atoms in total. The smallest absolute Gasteiger partial charge is 0.318 e. The second kappa shape index (κ2) is 7.98. The molecule has 3 heterocycles. The Bertz CT molecular complexity index is 687. The van der Waals surface area contributed by atoms with Crippen LogP contribution in [-0.4, -0.2) is 45.1 Å². The summed E-state index contributed by atoms with van der Waals surface area (Å²) in [7, 11) is 0. The van der Waals surface area contributed by atoms with Gasteiger partial charge in [0, 0.05) is 24.9 Å². The summed E-state index contributed by atoms with van der Waals surface area (Å²) in [6.07, 6.45) is 2.81. The Morgan fingerprint density at radius 3 is 3.08 bits per heavy atom. The summed E-state index contributed by atoms with van der Waals surface area (Å²) in [5.41, 5.74) is 0.848. The molecule has 2 amide bonds. The molecule has 130 valence electrons. The molecule has 2 aromatic heterocycles. The zero-order valence-electron chi connectivity index (χ0n) is 13.8. The lowest BCUT2D eigenvalue weighted by Gasteiger charge is -2.23. The molecule has 3 rings (SSSR count). The monoisotopic (exact) mass is 367 g/mol. The van der Waals surface area contributed by atoms with Crippen LogP contribution in [0.3, 0.4) is 0 Å². The predicted molar refractivity (Wildman–Crippen MR) is 93.3 cm³/mol. The molecule has 0 spiro atoms. The predicted octanol–water partition coefficient (Wildman–Crippen LogP) is 3.17. The minimum Gasteiger partial charge on any atom is -0.359 e. The lowest BCUT2D eigenvalue weighted by molar-refractivity contribution is 0.182. The molecule has 9 heteroatoms. The molecule has 0 bridgehead atoms. The molecule has 2 aromatic rings. The lowest BCUT2D eigenvalue weighted by atomic mass is 10.1. The summed E-state index contributed by atoms with van der Waals surface area (Å²) in [4.78, 5) is 14.2. The maximum Gasteiger partial charge on any atom is 0.318 e. The second-order valence-corrected chi connectivity index (χ2v) is 8.27. The second-order valence-electron chi connectivity index (χ2n) is 5.74. The third kappa shape index (κ3) is 4.27. The van der Waals surface area contributed by atoms with Crippen molar-refractivity contribution >= 4 is 29.1 Å². The van der Waals surface area contributed by atoms with Gasteiger partial charge in [-0.15, -0.1) is 10.2 Å². The Labute approximate surface area is 149 Å². The number of nitrogens with zero attached hydrogens (tertiary/aromatic N) is 4. The van der Waals surface area contributed by atoms with Crippen molar-refractivity contribution in [1.82, 2.24) is 25.6 Å². The summed E-state index contributed by atoms with van der Waals surface area (Å²) in [5.74, 6) is 1.70. The number of aromatic nitrogens is 3. The van der Waals surface area contributed by atoms with E-state index in [-0.39, 0.29) is 12.1 Å². The van der Waals surface area contributed by atoms with E-state index < -0.39 is 0 Å². The van der Waals surface area contributed by atoms with Crippen LogP contribution in [0.15, 0.2) is 14.9 Å². The number of thioether (sulfide) groups is 1. The average Bonchev–Trinajstić information content (AvgIpc) is 3.27. The van der Waals surface area contributed by atoms with Gasteiger partial charge in [-0.1, -0.05) is 28.3 Å². The number of nitrogens with one attached hydrogen (secondary N) is 1. The van der Waals surface area contributed by atoms with Crippen LogP contribution in [0, 0.1) is 13.8 Å². The van der Waals surface area contributed by atoms with Crippen molar-refractivity contribution in [3.63, 3.8) is 0 Å². The van der Waals surface area contributed by atoms with E-state index in [1.807, 2.05) is 24.8 Å². The van der Waals surface area contributed by atoms with Gasteiger partial charge in [0.1, 0.15) is 5.01 Å². The van der Waals surface area contributed by atoms with Crippen LogP contribution in [0.25, 0.3) is 0 Å². The molecule has 1 atom stereocenters. The van der Waals surface area contributed by atoms with Gasteiger partial charge >= 0.3 is 6.03 Å². The molecule has 0 aliphatic carbocycles. The largest absolute Gasteiger partial charge is 0.359 e. The van der Waals surface area contributed by atoms with Gasteiger partial charge in [-0.2, -0.15) is 0 Å². The van der Waals surface area contributed by atoms with Gasteiger partial charge in [-0.3, -0.25) is 0 Å². The van der Waals surface area contributed by atoms with E-state index in [0.29, 0.717) is 6.54 Å². The Balaban J connectivity index is 1.41. The van der Waals surface area contributed by atoms with E-state index in [4.69, 9.17) is 4.52 Å². The number of aryl methyl sites for hydroxylation is 2. The maximum absolute atomic E-state index is 12.4. The number of carbonyl (C=O) groups is 1. The van der Waals surface area contributed by atoms with Crippen LogP contribution in [-0.2, 0) is 0 Å². The zero-order chi connectivity index (χ0) is 16.9. The van der Waals surface area contributed by atoms with Crippen molar-refractivity contribution in [2.24, 2.45) is 0 Å². The third-order valence-electron chi connectivity index (χ3n) is 3.82. The van der Waals surface area contributed by atoms with Gasteiger partial charge in [0.15, 0.2) is 10.1 Å².